The van der Waals surface area contributed by atoms with Gasteiger partial charge in [0.15, 0.2) is 0 Å². The fourth-order valence-electron chi connectivity index (χ4n) is 3.07. The van der Waals surface area contributed by atoms with E-state index in [0.29, 0.717) is 12.1 Å². The highest BCUT2D eigenvalue weighted by Crippen LogP contribution is 2.35. The molecule has 0 atom stereocenters. The number of nitro benzene ring substituents is 1. The number of nitro groups is 1. The first-order valence-corrected chi connectivity index (χ1v) is 8.17. The smallest absolute Gasteiger partial charge is 0.351 e. The number of hydrazone groups is 1. The maximum absolute atomic E-state index is 12.7. The minimum absolute atomic E-state index is 0.102. The van der Waals surface area contributed by atoms with Crippen molar-refractivity contribution in [3.63, 3.8) is 0 Å². The first-order chi connectivity index (χ1) is 12.3. The van der Waals surface area contributed by atoms with Crippen LogP contribution in [0.1, 0.15) is 42.9 Å². The van der Waals surface area contributed by atoms with E-state index in [4.69, 9.17) is 0 Å². The Labute approximate surface area is 147 Å². The number of halogens is 3. The molecule has 3 rings (SSSR count). The lowest BCUT2D eigenvalue weighted by atomic mass is 10.1. The Hall–Kier alpha value is -2.84. The number of aromatic nitrogens is 1. The molecule has 0 radical (unpaired) electrons. The van der Waals surface area contributed by atoms with Crippen molar-refractivity contribution in [1.82, 2.24) is 4.57 Å². The van der Waals surface area contributed by atoms with Crippen LogP contribution in [-0.2, 0) is 6.18 Å². The average Bonchev–Trinajstić information content (AvgIpc) is 3.25. The second-order valence-electron chi connectivity index (χ2n) is 6.19. The van der Waals surface area contributed by atoms with Crippen molar-refractivity contribution >= 4 is 17.6 Å². The molecule has 0 unspecified atom stereocenters. The number of benzene rings is 1. The summed E-state index contributed by atoms with van der Waals surface area (Å²) >= 11 is 0. The molecular weight excluding hydrogens is 349 g/mol. The molecule has 6 nitrogen and oxygen atoms in total. The maximum Gasteiger partial charge on any atom is 0.416 e. The Bertz CT molecular complexity index is 824. The predicted molar refractivity (Wildman–Crippen MR) is 91.3 cm³/mol. The topological polar surface area (TPSA) is 72.5 Å². The summed E-state index contributed by atoms with van der Waals surface area (Å²) in [6.07, 6.45) is 5.43. The van der Waals surface area contributed by atoms with Gasteiger partial charge in [-0.15, -0.1) is 0 Å². The van der Waals surface area contributed by atoms with Crippen LogP contribution in [0.3, 0.4) is 0 Å². The summed E-state index contributed by atoms with van der Waals surface area (Å²) in [4.78, 5) is 10.2. The van der Waals surface area contributed by atoms with E-state index in [1.165, 1.54) is 19.1 Å². The Kier molecular flexibility index (Phi) is 4.97. The van der Waals surface area contributed by atoms with E-state index < -0.39 is 22.4 Å². The summed E-state index contributed by atoms with van der Waals surface area (Å²) in [5.41, 5.74) is 1.40. The molecule has 1 aromatic heterocycles. The number of nitrogens with one attached hydrogen (secondary N) is 1. The monoisotopic (exact) mass is 366 g/mol. The second kappa shape index (κ2) is 7.19. The lowest BCUT2D eigenvalue weighted by Crippen LogP contribution is -2.06. The van der Waals surface area contributed by atoms with E-state index in [0.717, 1.165) is 30.5 Å². The highest BCUT2D eigenvalue weighted by atomic mass is 19.4. The van der Waals surface area contributed by atoms with Gasteiger partial charge < -0.3 is 4.57 Å². The van der Waals surface area contributed by atoms with Crippen molar-refractivity contribution in [2.24, 2.45) is 5.10 Å². The normalized spacial score (nSPS) is 15.7. The zero-order valence-electron chi connectivity index (χ0n) is 13.7. The number of hydrogen-bond donors (Lipinski definition) is 1. The molecule has 0 bridgehead atoms. The van der Waals surface area contributed by atoms with Gasteiger partial charge in [0.25, 0.3) is 5.69 Å². The van der Waals surface area contributed by atoms with E-state index in [2.05, 4.69) is 15.1 Å². The molecular formula is C17H17F3N4O2. The van der Waals surface area contributed by atoms with Gasteiger partial charge in [0.1, 0.15) is 5.69 Å². The number of anilines is 1. The summed E-state index contributed by atoms with van der Waals surface area (Å²) in [6.45, 7) is 0. The van der Waals surface area contributed by atoms with E-state index in [-0.39, 0.29) is 5.69 Å². The van der Waals surface area contributed by atoms with Crippen LogP contribution in [0.2, 0.25) is 0 Å². The van der Waals surface area contributed by atoms with Gasteiger partial charge in [-0.2, -0.15) is 18.3 Å². The number of alkyl halides is 3. The van der Waals surface area contributed by atoms with Gasteiger partial charge in [-0.05, 0) is 31.0 Å². The second-order valence-corrected chi connectivity index (χ2v) is 6.19. The van der Waals surface area contributed by atoms with Crippen molar-refractivity contribution in [3.05, 3.63) is 57.9 Å². The van der Waals surface area contributed by atoms with E-state index >= 15 is 0 Å². The Balaban J connectivity index is 1.72. The van der Waals surface area contributed by atoms with Crippen LogP contribution in [0.4, 0.5) is 24.5 Å². The van der Waals surface area contributed by atoms with Crippen molar-refractivity contribution in [2.45, 2.75) is 37.9 Å². The van der Waals surface area contributed by atoms with Crippen LogP contribution < -0.4 is 5.43 Å². The van der Waals surface area contributed by atoms with Gasteiger partial charge in [-0.3, -0.25) is 15.5 Å². The predicted octanol–water partition coefficient (Wildman–Crippen LogP) is 4.98. The zero-order valence-corrected chi connectivity index (χ0v) is 13.7. The SMILES string of the molecule is O=[N+]([O-])c1cc(C(F)(F)F)ccc1N/N=C/c1ccn(C2CCCC2)c1. The fourth-order valence-corrected chi connectivity index (χ4v) is 3.07. The van der Waals surface area contributed by atoms with Crippen molar-refractivity contribution in [2.75, 3.05) is 5.43 Å². The van der Waals surface area contributed by atoms with Crippen LogP contribution in [0, 0.1) is 10.1 Å². The molecule has 1 aliphatic rings. The van der Waals surface area contributed by atoms with Crippen LogP contribution >= 0.6 is 0 Å². The van der Waals surface area contributed by atoms with Crippen LogP contribution in [0.25, 0.3) is 0 Å². The molecule has 1 saturated carbocycles. The molecule has 0 aliphatic heterocycles. The third-order valence-corrected chi connectivity index (χ3v) is 4.40. The molecule has 26 heavy (non-hydrogen) atoms. The van der Waals surface area contributed by atoms with Gasteiger partial charge >= 0.3 is 6.18 Å². The molecule has 0 spiro atoms. The molecule has 1 N–H and O–H groups in total. The minimum Gasteiger partial charge on any atom is -0.351 e. The van der Waals surface area contributed by atoms with Crippen LogP contribution in [-0.4, -0.2) is 15.7 Å². The molecule has 0 amide bonds. The fraction of sp³-hybridized carbons (Fsp3) is 0.353. The Morgan fingerprint density at radius 1 is 1.27 bits per heavy atom. The molecule has 1 fully saturated rings. The van der Waals surface area contributed by atoms with Gasteiger partial charge in [-0.1, -0.05) is 12.8 Å². The van der Waals surface area contributed by atoms with Crippen LogP contribution in [0.15, 0.2) is 41.8 Å². The van der Waals surface area contributed by atoms with Crippen molar-refractivity contribution in [1.29, 1.82) is 0 Å². The maximum atomic E-state index is 12.7. The molecule has 0 saturated heterocycles. The highest BCUT2D eigenvalue weighted by Gasteiger charge is 2.33. The van der Waals surface area contributed by atoms with Gasteiger partial charge in [0.05, 0.1) is 16.7 Å². The first-order valence-electron chi connectivity index (χ1n) is 8.17. The highest BCUT2D eigenvalue weighted by molar-refractivity contribution is 5.80. The molecule has 138 valence electrons. The summed E-state index contributed by atoms with van der Waals surface area (Å²) in [6, 6.07) is 4.63. The van der Waals surface area contributed by atoms with E-state index in [1.807, 2.05) is 18.5 Å². The van der Waals surface area contributed by atoms with E-state index in [9.17, 15) is 23.3 Å². The molecule has 9 heteroatoms. The quantitative estimate of drug-likeness (QED) is 0.461. The van der Waals surface area contributed by atoms with E-state index in [1.54, 1.807) is 0 Å². The Morgan fingerprint density at radius 2 is 2.00 bits per heavy atom. The summed E-state index contributed by atoms with van der Waals surface area (Å²) in [7, 11) is 0. The lowest BCUT2D eigenvalue weighted by Gasteiger charge is -2.10. The summed E-state index contributed by atoms with van der Waals surface area (Å²) < 4.78 is 40.2. The summed E-state index contributed by atoms with van der Waals surface area (Å²) in [5.74, 6) is 0. The minimum atomic E-state index is -4.64. The van der Waals surface area contributed by atoms with Gasteiger partial charge in [0, 0.05) is 30.1 Å². The van der Waals surface area contributed by atoms with Crippen molar-refractivity contribution < 1.29 is 18.1 Å². The number of hydrogen-bond acceptors (Lipinski definition) is 4. The molecule has 1 aromatic carbocycles. The number of rotatable bonds is 5. The number of nitrogens with zero attached hydrogens (tertiary/aromatic N) is 3. The molecule has 1 aliphatic carbocycles. The van der Waals surface area contributed by atoms with Gasteiger partial charge in [-0.25, -0.2) is 0 Å². The first kappa shape index (κ1) is 18.0. The van der Waals surface area contributed by atoms with Gasteiger partial charge in [0.2, 0.25) is 0 Å². The molecule has 2 aromatic rings. The standard InChI is InChI=1S/C17H17F3N4O2/c18-17(19,20)13-5-6-15(16(9-13)24(25)26)22-21-10-12-7-8-23(11-12)14-3-1-2-4-14/h5-11,14,22H,1-4H2/b21-10+. The Morgan fingerprint density at radius 3 is 2.65 bits per heavy atom. The third-order valence-electron chi connectivity index (χ3n) is 4.40. The third kappa shape index (κ3) is 4.04. The van der Waals surface area contributed by atoms with Crippen molar-refractivity contribution in [3.8, 4) is 0 Å². The summed E-state index contributed by atoms with van der Waals surface area (Å²) in [5, 5.41) is 14.9. The lowest BCUT2D eigenvalue weighted by molar-refractivity contribution is -0.384. The van der Waals surface area contributed by atoms with Crippen LogP contribution in [0.5, 0.6) is 0 Å². The average molecular weight is 366 g/mol. The zero-order chi connectivity index (χ0) is 18.7. The largest absolute Gasteiger partial charge is 0.416 e. The molecule has 1 heterocycles.